The van der Waals surface area contributed by atoms with Crippen molar-refractivity contribution in [2.45, 2.75) is 11.3 Å². The van der Waals surface area contributed by atoms with E-state index in [-0.39, 0.29) is 22.1 Å². The number of hydrogen-bond acceptors (Lipinski definition) is 6. The van der Waals surface area contributed by atoms with Crippen LogP contribution in [-0.4, -0.2) is 43.4 Å². The topological polar surface area (TPSA) is 98.8 Å². The highest BCUT2D eigenvalue weighted by Crippen LogP contribution is 2.30. The SMILES string of the molecule is COCCCS(=O)(=O)Nc1ccc(S(=O)(=O)Cl)c(OC)c1. The maximum Gasteiger partial charge on any atom is 0.264 e. The predicted molar refractivity (Wildman–Crippen MR) is 79.9 cm³/mol. The Morgan fingerprint density at radius 2 is 1.86 bits per heavy atom. The number of anilines is 1. The van der Waals surface area contributed by atoms with Gasteiger partial charge >= 0.3 is 0 Å². The molecule has 0 spiro atoms. The average Bonchev–Trinajstić information content (AvgIpc) is 2.36. The molecule has 0 aliphatic carbocycles. The summed E-state index contributed by atoms with van der Waals surface area (Å²) >= 11 is 0. The molecular weight excluding hydrogens is 342 g/mol. The summed E-state index contributed by atoms with van der Waals surface area (Å²) in [5.41, 5.74) is 0.188. The molecule has 0 unspecified atom stereocenters. The van der Waals surface area contributed by atoms with E-state index in [4.69, 9.17) is 20.2 Å². The molecule has 10 heteroatoms. The minimum atomic E-state index is -3.97. The van der Waals surface area contributed by atoms with Gasteiger partial charge in [0.1, 0.15) is 10.6 Å². The Morgan fingerprint density at radius 3 is 2.38 bits per heavy atom. The van der Waals surface area contributed by atoms with Gasteiger partial charge in [0.05, 0.1) is 18.6 Å². The van der Waals surface area contributed by atoms with Crippen LogP contribution >= 0.6 is 10.7 Å². The molecule has 0 bridgehead atoms. The molecule has 7 nitrogen and oxygen atoms in total. The van der Waals surface area contributed by atoms with Crippen molar-refractivity contribution in [1.29, 1.82) is 0 Å². The summed E-state index contributed by atoms with van der Waals surface area (Å²) in [4.78, 5) is -0.228. The van der Waals surface area contributed by atoms with E-state index in [1.807, 2.05) is 0 Å². The number of sulfonamides is 1. The minimum absolute atomic E-state index is 0.0397. The van der Waals surface area contributed by atoms with E-state index >= 15 is 0 Å². The predicted octanol–water partition coefficient (Wildman–Crippen LogP) is 1.40. The molecule has 1 aromatic rings. The highest BCUT2D eigenvalue weighted by atomic mass is 35.7. The quantitative estimate of drug-likeness (QED) is 0.557. The van der Waals surface area contributed by atoms with Crippen LogP contribution < -0.4 is 9.46 Å². The third kappa shape index (κ3) is 5.70. The standard InChI is InChI=1S/C11H16ClNO6S2/c1-18-6-3-7-20(14,15)13-9-4-5-11(21(12,16)17)10(8-9)19-2/h4-5,8,13H,3,6-7H2,1-2H3. The maximum absolute atomic E-state index is 11.8. The first-order chi connectivity index (χ1) is 9.69. The van der Waals surface area contributed by atoms with Crippen LogP contribution in [-0.2, 0) is 23.8 Å². The molecule has 0 fully saturated rings. The normalized spacial score (nSPS) is 12.1. The van der Waals surface area contributed by atoms with Crippen LogP contribution in [0, 0.1) is 0 Å². The van der Waals surface area contributed by atoms with Gasteiger partial charge in [-0.2, -0.15) is 0 Å². The zero-order chi connectivity index (χ0) is 16.1. The van der Waals surface area contributed by atoms with Gasteiger partial charge in [0, 0.05) is 30.5 Å². The first-order valence-electron chi connectivity index (χ1n) is 5.82. The van der Waals surface area contributed by atoms with E-state index in [1.165, 1.54) is 32.4 Å². The van der Waals surface area contributed by atoms with Crippen LogP contribution in [0.2, 0.25) is 0 Å². The van der Waals surface area contributed by atoms with Crippen molar-refractivity contribution in [3.05, 3.63) is 18.2 Å². The van der Waals surface area contributed by atoms with Crippen molar-refractivity contribution in [1.82, 2.24) is 0 Å². The van der Waals surface area contributed by atoms with Crippen molar-refractivity contribution in [2.24, 2.45) is 0 Å². The lowest BCUT2D eigenvalue weighted by Gasteiger charge is -2.11. The molecule has 21 heavy (non-hydrogen) atoms. The highest BCUT2D eigenvalue weighted by molar-refractivity contribution is 8.13. The molecule has 0 aromatic heterocycles. The number of nitrogens with one attached hydrogen (secondary N) is 1. The van der Waals surface area contributed by atoms with Crippen LogP contribution in [0.1, 0.15) is 6.42 Å². The van der Waals surface area contributed by atoms with Gasteiger partial charge in [-0.1, -0.05) is 0 Å². The zero-order valence-corrected chi connectivity index (χ0v) is 13.9. The van der Waals surface area contributed by atoms with Crippen LogP contribution in [0.3, 0.4) is 0 Å². The van der Waals surface area contributed by atoms with Gasteiger partial charge in [-0.3, -0.25) is 4.72 Å². The van der Waals surface area contributed by atoms with E-state index in [2.05, 4.69) is 4.72 Å². The molecule has 0 amide bonds. The molecule has 0 saturated carbocycles. The third-order valence-electron chi connectivity index (χ3n) is 2.46. The molecule has 0 atom stereocenters. The van der Waals surface area contributed by atoms with Gasteiger partial charge in [0.15, 0.2) is 0 Å². The summed E-state index contributed by atoms with van der Waals surface area (Å²) < 4.78 is 58.3. The smallest absolute Gasteiger partial charge is 0.264 e. The second kappa shape index (κ2) is 7.30. The van der Waals surface area contributed by atoms with Gasteiger partial charge in [0.25, 0.3) is 9.05 Å². The number of hydrogen-bond donors (Lipinski definition) is 1. The monoisotopic (exact) mass is 357 g/mol. The molecule has 0 radical (unpaired) electrons. The van der Waals surface area contributed by atoms with E-state index in [9.17, 15) is 16.8 Å². The number of halogens is 1. The number of benzene rings is 1. The summed E-state index contributed by atoms with van der Waals surface area (Å²) in [5, 5.41) is 0. The van der Waals surface area contributed by atoms with E-state index in [0.29, 0.717) is 13.0 Å². The second-order valence-electron chi connectivity index (χ2n) is 4.07. The fraction of sp³-hybridized carbons (Fsp3) is 0.455. The summed E-state index contributed by atoms with van der Waals surface area (Å²) in [6.45, 7) is 0.327. The molecule has 120 valence electrons. The third-order valence-corrected chi connectivity index (χ3v) is 5.20. The minimum Gasteiger partial charge on any atom is -0.495 e. The van der Waals surface area contributed by atoms with E-state index < -0.39 is 19.1 Å². The van der Waals surface area contributed by atoms with Crippen LogP contribution in [0.5, 0.6) is 5.75 Å². The fourth-order valence-electron chi connectivity index (χ4n) is 1.56. The van der Waals surface area contributed by atoms with Crippen LogP contribution in [0.4, 0.5) is 5.69 Å². The molecular formula is C11H16ClNO6S2. The highest BCUT2D eigenvalue weighted by Gasteiger charge is 2.18. The Hall–Kier alpha value is -1.03. The van der Waals surface area contributed by atoms with Crippen molar-refractivity contribution in [3.8, 4) is 5.75 Å². The van der Waals surface area contributed by atoms with Crippen LogP contribution in [0.25, 0.3) is 0 Å². The van der Waals surface area contributed by atoms with Gasteiger partial charge in [-0.15, -0.1) is 0 Å². The first-order valence-corrected chi connectivity index (χ1v) is 9.78. The second-order valence-corrected chi connectivity index (χ2v) is 8.45. The van der Waals surface area contributed by atoms with Gasteiger partial charge in [-0.25, -0.2) is 16.8 Å². The lowest BCUT2D eigenvalue weighted by atomic mass is 10.3. The molecule has 1 aromatic carbocycles. The van der Waals surface area contributed by atoms with Crippen LogP contribution in [0.15, 0.2) is 23.1 Å². The van der Waals surface area contributed by atoms with E-state index in [0.717, 1.165) is 0 Å². The number of rotatable bonds is 8. The summed E-state index contributed by atoms with van der Waals surface area (Å²) in [7, 11) is 0.478. The molecule has 0 heterocycles. The molecule has 1 N–H and O–H groups in total. The Kier molecular flexibility index (Phi) is 6.26. The van der Waals surface area contributed by atoms with Gasteiger partial charge < -0.3 is 9.47 Å². The summed E-state index contributed by atoms with van der Waals surface area (Å²) in [5.74, 6) is -0.152. The van der Waals surface area contributed by atoms with Gasteiger partial charge in [0.2, 0.25) is 10.0 Å². The lowest BCUT2D eigenvalue weighted by Crippen LogP contribution is -2.17. The molecule has 0 aliphatic heterocycles. The fourth-order valence-corrected chi connectivity index (χ4v) is 3.64. The Morgan fingerprint density at radius 1 is 1.19 bits per heavy atom. The Bertz CT molecular complexity index is 687. The molecule has 0 aliphatic rings. The largest absolute Gasteiger partial charge is 0.495 e. The molecule has 1 rings (SSSR count). The summed E-state index contributed by atoms with van der Waals surface area (Å²) in [6, 6.07) is 3.73. The van der Waals surface area contributed by atoms with Crippen molar-refractivity contribution < 1.29 is 26.3 Å². The maximum atomic E-state index is 11.8. The lowest BCUT2D eigenvalue weighted by molar-refractivity contribution is 0.199. The first kappa shape index (κ1) is 18.0. The van der Waals surface area contributed by atoms with E-state index in [1.54, 1.807) is 0 Å². The average molecular weight is 358 g/mol. The van der Waals surface area contributed by atoms with Crippen molar-refractivity contribution in [2.75, 3.05) is 31.3 Å². The Balaban J connectivity index is 2.96. The Labute approximate surface area is 128 Å². The number of methoxy groups -OCH3 is 2. The van der Waals surface area contributed by atoms with Crippen molar-refractivity contribution >= 4 is 35.4 Å². The number of ether oxygens (including phenoxy) is 2. The van der Waals surface area contributed by atoms with Gasteiger partial charge in [-0.05, 0) is 18.6 Å². The van der Waals surface area contributed by atoms with Crippen molar-refractivity contribution in [3.63, 3.8) is 0 Å². The summed E-state index contributed by atoms with van der Waals surface area (Å²) in [6.07, 6.45) is 0.344. The molecule has 0 saturated heterocycles. The zero-order valence-electron chi connectivity index (χ0n) is 11.5.